The van der Waals surface area contributed by atoms with Gasteiger partial charge in [0.05, 0.1) is 10.5 Å². The predicted molar refractivity (Wildman–Crippen MR) is 94.1 cm³/mol. The van der Waals surface area contributed by atoms with Crippen LogP contribution in [-0.2, 0) is 21.1 Å². The summed E-state index contributed by atoms with van der Waals surface area (Å²) in [6.07, 6.45) is 3.85. The van der Waals surface area contributed by atoms with E-state index in [2.05, 4.69) is 0 Å². The normalized spacial score (nSPS) is 22.7. The molecule has 0 atom stereocenters. The van der Waals surface area contributed by atoms with Crippen LogP contribution in [0.1, 0.15) is 52.0 Å². The van der Waals surface area contributed by atoms with Gasteiger partial charge in [-0.1, -0.05) is 30.3 Å². The molecule has 1 aliphatic carbocycles. The third-order valence-electron chi connectivity index (χ3n) is 4.91. The Labute approximate surface area is 140 Å². The smallest absolute Gasteiger partial charge is 0.155 e. The molecule has 1 aromatic rings. The molecule has 1 aliphatic rings. The molecule has 0 bridgehead atoms. The first-order valence-corrected chi connectivity index (χ1v) is 10.1. The number of hydrogen-bond donors (Lipinski definition) is 0. The van der Waals surface area contributed by atoms with Crippen LogP contribution >= 0.6 is 0 Å². The second-order valence-corrected chi connectivity index (χ2v) is 10.5. The Morgan fingerprint density at radius 3 is 2.13 bits per heavy atom. The fourth-order valence-corrected chi connectivity index (χ4v) is 4.61. The molecule has 0 aromatic heterocycles. The molecule has 1 aromatic carbocycles. The van der Waals surface area contributed by atoms with E-state index in [1.807, 2.05) is 30.3 Å². The van der Waals surface area contributed by atoms with Crippen molar-refractivity contribution in [1.82, 2.24) is 0 Å². The van der Waals surface area contributed by atoms with Gasteiger partial charge in [0.25, 0.3) is 0 Å². The highest BCUT2D eigenvalue weighted by molar-refractivity contribution is 7.92. The third-order valence-corrected chi connectivity index (χ3v) is 7.69. The molecular weight excluding hydrogens is 308 g/mol. The van der Waals surface area contributed by atoms with Gasteiger partial charge in [-0.15, -0.1) is 0 Å². The number of Topliss-reactive ketones (excluding diaryl/α,β-unsaturated/α-hetero) is 1. The lowest BCUT2D eigenvalue weighted by atomic mass is 9.79. The Morgan fingerprint density at radius 1 is 1.04 bits per heavy atom. The highest BCUT2D eigenvalue weighted by Crippen LogP contribution is 2.32. The molecular formula is C19H28O3S. The lowest BCUT2D eigenvalue weighted by Crippen LogP contribution is -2.35. The number of rotatable bonds is 5. The molecule has 0 radical (unpaired) electrons. The maximum atomic E-state index is 12.4. The topological polar surface area (TPSA) is 51.2 Å². The van der Waals surface area contributed by atoms with E-state index in [0.29, 0.717) is 12.2 Å². The quantitative estimate of drug-likeness (QED) is 0.821. The van der Waals surface area contributed by atoms with Crippen molar-refractivity contribution in [3.8, 4) is 0 Å². The Morgan fingerprint density at radius 2 is 1.61 bits per heavy atom. The van der Waals surface area contributed by atoms with Gasteiger partial charge in [-0.2, -0.15) is 0 Å². The van der Waals surface area contributed by atoms with Crippen molar-refractivity contribution >= 4 is 15.6 Å². The van der Waals surface area contributed by atoms with Crippen molar-refractivity contribution in [1.29, 1.82) is 0 Å². The van der Waals surface area contributed by atoms with E-state index in [9.17, 15) is 13.2 Å². The lowest BCUT2D eigenvalue weighted by molar-refractivity contribution is -0.123. The zero-order valence-corrected chi connectivity index (χ0v) is 15.2. The Kier molecular flexibility index (Phi) is 5.66. The van der Waals surface area contributed by atoms with Crippen molar-refractivity contribution in [3.63, 3.8) is 0 Å². The molecule has 0 saturated heterocycles. The minimum atomic E-state index is -3.07. The van der Waals surface area contributed by atoms with Crippen LogP contribution in [0.15, 0.2) is 30.3 Å². The summed E-state index contributed by atoms with van der Waals surface area (Å²) in [6, 6.07) is 9.83. The number of carbonyl (C=O) groups is 1. The number of sulfone groups is 1. The predicted octanol–water partition coefficient (Wildman–Crippen LogP) is 3.82. The van der Waals surface area contributed by atoms with Gasteiger partial charge in [0.2, 0.25) is 0 Å². The summed E-state index contributed by atoms with van der Waals surface area (Å²) in [5.74, 6) is 0.868. The molecule has 0 heterocycles. The van der Waals surface area contributed by atoms with E-state index in [-0.39, 0.29) is 17.6 Å². The van der Waals surface area contributed by atoms with Crippen LogP contribution in [-0.4, -0.2) is 24.7 Å². The maximum Gasteiger partial charge on any atom is 0.155 e. The Balaban J connectivity index is 1.85. The van der Waals surface area contributed by atoms with E-state index >= 15 is 0 Å². The highest BCUT2D eigenvalue weighted by atomic mass is 32.2. The first-order chi connectivity index (χ1) is 10.7. The summed E-state index contributed by atoms with van der Waals surface area (Å²) in [4.78, 5) is 12.4. The van der Waals surface area contributed by atoms with Crippen LogP contribution in [0, 0.1) is 11.8 Å². The Bertz CT molecular complexity index is 618. The summed E-state index contributed by atoms with van der Waals surface area (Å²) in [6.45, 7) is 5.28. The molecule has 2 rings (SSSR count). The van der Waals surface area contributed by atoms with Crippen LogP contribution in [0.2, 0.25) is 0 Å². The van der Waals surface area contributed by atoms with Crippen LogP contribution in [0.4, 0.5) is 0 Å². The van der Waals surface area contributed by atoms with E-state index < -0.39 is 14.6 Å². The summed E-state index contributed by atoms with van der Waals surface area (Å²) >= 11 is 0. The van der Waals surface area contributed by atoms with Gasteiger partial charge in [0.1, 0.15) is 5.78 Å². The van der Waals surface area contributed by atoms with Gasteiger partial charge in [0, 0.05) is 12.3 Å². The highest BCUT2D eigenvalue weighted by Gasteiger charge is 2.34. The first kappa shape index (κ1) is 18.2. The average molecular weight is 336 g/mol. The molecule has 0 N–H and O–H groups in total. The molecule has 0 aliphatic heterocycles. The van der Waals surface area contributed by atoms with Gasteiger partial charge in [0.15, 0.2) is 9.84 Å². The minimum Gasteiger partial charge on any atom is -0.299 e. The van der Waals surface area contributed by atoms with Crippen molar-refractivity contribution in [2.24, 2.45) is 11.8 Å². The molecule has 128 valence electrons. The van der Waals surface area contributed by atoms with Gasteiger partial charge >= 0.3 is 0 Å². The zero-order chi connectivity index (χ0) is 17.1. The van der Waals surface area contributed by atoms with Crippen LogP contribution in [0.3, 0.4) is 0 Å². The van der Waals surface area contributed by atoms with E-state index in [1.54, 1.807) is 20.8 Å². The molecule has 0 amide bonds. The van der Waals surface area contributed by atoms with E-state index in [0.717, 1.165) is 31.2 Å². The largest absolute Gasteiger partial charge is 0.299 e. The van der Waals surface area contributed by atoms with E-state index in [4.69, 9.17) is 0 Å². The van der Waals surface area contributed by atoms with Crippen LogP contribution in [0.25, 0.3) is 0 Å². The summed E-state index contributed by atoms with van der Waals surface area (Å²) in [7, 11) is -3.07. The second kappa shape index (κ2) is 7.16. The van der Waals surface area contributed by atoms with Crippen molar-refractivity contribution in [2.75, 3.05) is 5.75 Å². The molecule has 1 fully saturated rings. The third kappa shape index (κ3) is 4.90. The molecule has 4 heteroatoms. The fourth-order valence-electron chi connectivity index (χ4n) is 3.15. The number of hydrogen-bond acceptors (Lipinski definition) is 3. The molecule has 0 spiro atoms. The van der Waals surface area contributed by atoms with Crippen molar-refractivity contribution in [2.45, 2.75) is 57.6 Å². The van der Waals surface area contributed by atoms with Crippen LogP contribution in [0.5, 0.6) is 0 Å². The summed E-state index contributed by atoms with van der Waals surface area (Å²) in [5.41, 5.74) is 1.06. The maximum absolute atomic E-state index is 12.4. The molecule has 1 saturated carbocycles. The summed E-state index contributed by atoms with van der Waals surface area (Å²) < 4.78 is 23.9. The fraction of sp³-hybridized carbons (Fsp3) is 0.632. The molecule has 3 nitrogen and oxygen atoms in total. The van der Waals surface area contributed by atoms with E-state index in [1.165, 1.54) is 0 Å². The minimum absolute atomic E-state index is 0.101. The second-order valence-electron chi connectivity index (χ2n) is 7.74. The van der Waals surface area contributed by atoms with Crippen LogP contribution < -0.4 is 0 Å². The number of benzene rings is 1. The average Bonchev–Trinajstić information content (AvgIpc) is 2.47. The zero-order valence-electron chi connectivity index (χ0n) is 14.4. The van der Waals surface area contributed by atoms with Gasteiger partial charge in [-0.25, -0.2) is 8.42 Å². The standard InChI is InChI=1S/C19H28O3S/c1-19(2,3)23(21,22)14-16-9-11-17(12-10-16)18(20)13-15-7-5-4-6-8-15/h4-8,16-17H,9-14H2,1-3H3. The van der Waals surface area contributed by atoms with Gasteiger partial charge in [-0.3, -0.25) is 4.79 Å². The van der Waals surface area contributed by atoms with Crippen molar-refractivity contribution in [3.05, 3.63) is 35.9 Å². The SMILES string of the molecule is CC(C)(C)S(=O)(=O)CC1CCC(C(=O)Cc2ccccc2)CC1. The number of carbonyl (C=O) groups excluding carboxylic acids is 1. The van der Waals surface area contributed by atoms with Gasteiger partial charge < -0.3 is 0 Å². The van der Waals surface area contributed by atoms with Crippen molar-refractivity contribution < 1.29 is 13.2 Å². The number of ketones is 1. The summed E-state index contributed by atoms with van der Waals surface area (Å²) in [5, 5.41) is 0. The van der Waals surface area contributed by atoms with Gasteiger partial charge in [-0.05, 0) is 57.9 Å². The molecule has 23 heavy (non-hydrogen) atoms. The first-order valence-electron chi connectivity index (χ1n) is 8.48. The Hall–Kier alpha value is -1.16. The molecule has 0 unspecified atom stereocenters. The monoisotopic (exact) mass is 336 g/mol. The lowest BCUT2D eigenvalue weighted by Gasteiger charge is -2.30.